The Kier molecular flexibility index (Phi) is 4.68. The van der Waals surface area contributed by atoms with Gasteiger partial charge >= 0.3 is 0 Å². The molecule has 20 heavy (non-hydrogen) atoms. The first-order valence-electron chi connectivity index (χ1n) is 6.89. The number of hydrogen-bond acceptors (Lipinski definition) is 4. The van der Waals surface area contributed by atoms with Gasteiger partial charge in [-0.25, -0.2) is 4.99 Å². The number of nitrogens with two attached hydrogens (primary N) is 2. The topological polar surface area (TPSA) is 80.1 Å². The molecular formula is C14H23N5O. The molecule has 2 rings (SSSR count). The molecule has 1 saturated heterocycles. The van der Waals surface area contributed by atoms with Gasteiger partial charge in [-0.3, -0.25) is 0 Å². The van der Waals surface area contributed by atoms with Crippen molar-refractivity contribution in [3.05, 3.63) is 18.2 Å². The average molecular weight is 277 g/mol. The molecule has 4 N–H and O–H groups in total. The molecule has 6 nitrogen and oxygen atoms in total. The summed E-state index contributed by atoms with van der Waals surface area (Å²) in [4.78, 5) is 8.82. The number of piperazine rings is 1. The van der Waals surface area contributed by atoms with Crippen LogP contribution in [0.25, 0.3) is 0 Å². The monoisotopic (exact) mass is 277 g/mol. The van der Waals surface area contributed by atoms with Crippen molar-refractivity contribution in [3.8, 4) is 5.75 Å². The Bertz CT molecular complexity index is 476. The van der Waals surface area contributed by atoms with Gasteiger partial charge in [-0.05, 0) is 18.7 Å². The lowest BCUT2D eigenvalue weighted by Crippen LogP contribution is -2.46. The Morgan fingerprint density at radius 1 is 1.25 bits per heavy atom. The fourth-order valence-corrected chi connectivity index (χ4v) is 2.45. The quantitative estimate of drug-likeness (QED) is 0.627. The minimum atomic E-state index is 0.0522. The van der Waals surface area contributed by atoms with Gasteiger partial charge in [-0.1, -0.05) is 6.92 Å². The molecule has 0 spiro atoms. The van der Waals surface area contributed by atoms with E-state index in [9.17, 15) is 0 Å². The van der Waals surface area contributed by atoms with Crippen molar-refractivity contribution in [1.82, 2.24) is 4.90 Å². The van der Waals surface area contributed by atoms with Gasteiger partial charge in [0.1, 0.15) is 5.75 Å². The van der Waals surface area contributed by atoms with Crippen LogP contribution in [0, 0.1) is 0 Å². The van der Waals surface area contributed by atoms with E-state index < -0.39 is 0 Å². The third-order valence-electron chi connectivity index (χ3n) is 3.58. The van der Waals surface area contributed by atoms with Crippen LogP contribution in [0.15, 0.2) is 23.2 Å². The fourth-order valence-electron chi connectivity index (χ4n) is 2.45. The summed E-state index contributed by atoms with van der Waals surface area (Å²) in [5.41, 5.74) is 12.6. The maximum absolute atomic E-state index is 5.47. The number of guanidine groups is 1. The van der Waals surface area contributed by atoms with E-state index in [4.69, 9.17) is 16.2 Å². The molecule has 0 atom stereocenters. The Morgan fingerprint density at radius 3 is 2.50 bits per heavy atom. The van der Waals surface area contributed by atoms with Crippen molar-refractivity contribution in [2.24, 2.45) is 16.5 Å². The van der Waals surface area contributed by atoms with E-state index in [0.717, 1.165) is 44.2 Å². The highest BCUT2D eigenvalue weighted by Gasteiger charge is 2.18. The molecule has 0 saturated carbocycles. The number of aliphatic imine (C=N–C) groups is 1. The highest BCUT2D eigenvalue weighted by Crippen LogP contribution is 2.32. The van der Waals surface area contributed by atoms with E-state index >= 15 is 0 Å². The Hall–Kier alpha value is -1.95. The zero-order chi connectivity index (χ0) is 14.5. The number of ether oxygens (including phenoxy) is 1. The summed E-state index contributed by atoms with van der Waals surface area (Å²) in [6, 6.07) is 5.78. The minimum absolute atomic E-state index is 0.0522. The normalized spacial score (nSPS) is 16.0. The van der Waals surface area contributed by atoms with Crippen molar-refractivity contribution >= 4 is 17.3 Å². The number of hydrogen-bond donors (Lipinski definition) is 2. The molecule has 0 radical (unpaired) electrons. The zero-order valence-electron chi connectivity index (χ0n) is 12.2. The second-order valence-electron chi connectivity index (χ2n) is 4.81. The van der Waals surface area contributed by atoms with E-state index in [-0.39, 0.29) is 5.96 Å². The van der Waals surface area contributed by atoms with E-state index in [1.807, 2.05) is 18.2 Å². The van der Waals surface area contributed by atoms with Crippen molar-refractivity contribution in [3.63, 3.8) is 0 Å². The third-order valence-corrected chi connectivity index (χ3v) is 3.58. The van der Waals surface area contributed by atoms with Gasteiger partial charge in [0.2, 0.25) is 0 Å². The van der Waals surface area contributed by atoms with Crippen LogP contribution in [0.1, 0.15) is 6.92 Å². The van der Waals surface area contributed by atoms with Crippen molar-refractivity contribution in [2.45, 2.75) is 6.92 Å². The molecule has 1 fully saturated rings. The van der Waals surface area contributed by atoms with Crippen LogP contribution in [-0.2, 0) is 0 Å². The van der Waals surface area contributed by atoms with Crippen molar-refractivity contribution < 1.29 is 4.74 Å². The maximum atomic E-state index is 5.47. The minimum Gasteiger partial charge on any atom is -0.495 e. The molecule has 0 amide bonds. The van der Waals surface area contributed by atoms with Gasteiger partial charge in [0.25, 0.3) is 0 Å². The first-order chi connectivity index (χ1) is 9.63. The highest BCUT2D eigenvalue weighted by molar-refractivity contribution is 5.79. The first-order valence-corrected chi connectivity index (χ1v) is 6.89. The summed E-state index contributed by atoms with van der Waals surface area (Å²) in [5.74, 6) is 0.855. The molecule has 1 heterocycles. The second kappa shape index (κ2) is 6.47. The molecule has 6 heteroatoms. The number of nitrogens with zero attached hydrogens (tertiary/aromatic N) is 3. The summed E-state index contributed by atoms with van der Waals surface area (Å²) >= 11 is 0. The SMILES string of the molecule is CCN1CCN(c2ccc(N=C(N)N)cc2OC)CC1. The van der Waals surface area contributed by atoms with E-state index in [0.29, 0.717) is 5.69 Å². The molecule has 1 aromatic carbocycles. The molecule has 0 unspecified atom stereocenters. The Labute approximate surface area is 120 Å². The first kappa shape index (κ1) is 14.5. The number of benzene rings is 1. The smallest absolute Gasteiger partial charge is 0.191 e. The number of methoxy groups -OCH3 is 1. The third kappa shape index (κ3) is 3.33. The van der Waals surface area contributed by atoms with Crippen LogP contribution >= 0.6 is 0 Å². The molecular weight excluding hydrogens is 254 g/mol. The second-order valence-corrected chi connectivity index (χ2v) is 4.81. The van der Waals surface area contributed by atoms with Gasteiger partial charge in [0.15, 0.2) is 5.96 Å². The van der Waals surface area contributed by atoms with E-state index in [2.05, 4.69) is 21.7 Å². The Morgan fingerprint density at radius 2 is 1.95 bits per heavy atom. The van der Waals surface area contributed by atoms with Gasteiger partial charge in [0, 0.05) is 32.2 Å². The summed E-state index contributed by atoms with van der Waals surface area (Å²) in [7, 11) is 1.67. The number of rotatable bonds is 4. The zero-order valence-corrected chi connectivity index (χ0v) is 12.2. The lowest BCUT2D eigenvalue weighted by atomic mass is 10.2. The standard InChI is InChI=1S/C14H23N5O/c1-3-18-6-8-19(9-7-18)12-5-4-11(17-14(15)16)10-13(12)20-2/h4-5,10H,3,6-9H2,1-2H3,(H4,15,16,17). The van der Waals surface area contributed by atoms with Crippen LogP contribution in [-0.4, -0.2) is 50.7 Å². The highest BCUT2D eigenvalue weighted by atomic mass is 16.5. The molecule has 0 aliphatic carbocycles. The maximum Gasteiger partial charge on any atom is 0.191 e. The molecule has 1 aliphatic heterocycles. The Balaban J connectivity index is 2.18. The molecule has 1 aromatic rings. The molecule has 0 bridgehead atoms. The van der Waals surface area contributed by atoms with Gasteiger partial charge in [-0.15, -0.1) is 0 Å². The largest absolute Gasteiger partial charge is 0.495 e. The van der Waals surface area contributed by atoms with Gasteiger partial charge in [0.05, 0.1) is 18.5 Å². The van der Waals surface area contributed by atoms with Crippen molar-refractivity contribution in [1.29, 1.82) is 0 Å². The van der Waals surface area contributed by atoms with E-state index in [1.54, 1.807) is 7.11 Å². The van der Waals surface area contributed by atoms with Crippen LogP contribution in [0.3, 0.4) is 0 Å². The van der Waals surface area contributed by atoms with Crippen LogP contribution in [0.2, 0.25) is 0 Å². The number of anilines is 1. The van der Waals surface area contributed by atoms with E-state index in [1.165, 1.54) is 0 Å². The molecule has 1 aliphatic rings. The number of likely N-dealkylation sites (N-methyl/N-ethyl adjacent to an activating group) is 1. The predicted octanol–water partition coefficient (Wildman–Crippen LogP) is 0.742. The van der Waals surface area contributed by atoms with Crippen molar-refractivity contribution in [2.75, 3.05) is 44.7 Å². The van der Waals surface area contributed by atoms with Crippen LogP contribution in [0.5, 0.6) is 5.75 Å². The predicted molar refractivity (Wildman–Crippen MR) is 82.8 cm³/mol. The lowest BCUT2D eigenvalue weighted by Gasteiger charge is -2.36. The van der Waals surface area contributed by atoms with Crippen LogP contribution < -0.4 is 21.1 Å². The molecule has 0 aromatic heterocycles. The summed E-state index contributed by atoms with van der Waals surface area (Å²) in [5, 5.41) is 0. The lowest BCUT2D eigenvalue weighted by molar-refractivity contribution is 0.270. The van der Waals surface area contributed by atoms with Gasteiger partial charge < -0.3 is 26.0 Å². The van der Waals surface area contributed by atoms with Crippen LogP contribution in [0.4, 0.5) is 11.4 Å². The van der Waals surface area contributed by atoms with Gasteiger partial charge in [-0.2, -0.15) is 0 Å². The summed E-state index contributed by atoms with van der Waals surface area (Å²) in [6.45, 7) is 7.47. The summed E-state index contributed by atoms with van der Waals surface area (Å²) in [6.07, 6.45) is 0. The average Bonchev–Trinajstić information content (AvgIpc) is 2.46. The molecule has 110 valence electrons. The fraction of sp³-hybridized carbons (Fsp3) is 0.500. The summed E-state index contributed by atoms with van der Waals surface area (Å²) < 4.78 is 5.47.